The molecule has 1 spiro atoms. The van der Waals surface area contributed by atoms with Gasteiger partial charge in [0.2, 0.25) is 0 Å². The van der Waals surface area contributed by atoms with E-state index in [2.05, 4.69) is 30.3 Å². The lowest BCUT2D eigenvalue weighted by Gasteiger charge is -2.36. The molecule has 0 bridgehead atoms. The Morgan fingerprint density at radius 1 is 1.17 bits per heavy atom. The number of ether oxygens (including phenoxy) is 2. The van der Waals surface area contributed by atoms with Crippen LogP contribution in [0.25, 0.3) is 0 Å². The molecule has 1 saturated heterocycles. The van der Waals surface area contributed by atoms with E-state index >= 15 is 0 Å². The molecule has 0 aromatic heterocycles. The molecule has 0 N–H and O–H groups in total. The zero-order valence-corrected chi connectivity index (χ0v) is 11.5. The van der Waals surface area contributed by atoms with Crippen LogP contribution in [0.4, 0.5) is 0 Å². The monoisotopic (exact) mass is 264 g/mol. The van der Waals surface area contributed by atoms with Gasteiger partial charge in [-0.05, 0) is 30.9 Å². The maximum Gasteiger partial charge on any atom is 0.168 e. The van der Waals surface area contributed by atoms with Gasteiger partial charge in [0.15, 0.2) is 5.79 Å². The van der Waals surface area contributed by atoms with E-state index in [0.717, 1.165) is 32.0 Å². The fraction of sp³-hybridized carbons (Fsp3) is 0.600. The zero-order valence-electron chi connectivity index (χ0n) is 10.6. The molecule has 1 saturated carbocycles. The summed E-state index contributed by atoms with van der Waals surface area (Å²) in [6.45, 7) is 1.55. The summed E-state index contributed by atoms with van der Waals surface area (Å²) in [5.41, 5.74) is 0. The van der Waals surface area contributed by atoms with Gasteiger partial charge in [-0.15, -0.1) is 11.8 Å². The highest BCUT2D eigenvalue weighted by Gasteiger charge is 2.41. The number of hydrogen-bond donors (Lipinski definition) is 0. The number of rotatable bonds is 3. The van der Waals surface area contributed by atoms with Gasteiger partial charge in [0.1, 0.15) is 0 Å². The molecule has 1 atom stereocenters. The Labute approximate surface area is 113 Å². The fourth-order valence-electron chi connectivity index (χ4n) is 2.94. The minimum atomic E-state index is -0.222. The molecule has 1 aliphatic heterocycles. The van der Waals surface area contributed by atoms with Crippen molar-refractivity contribution in [2.45, 2.75) is 36.4 Å². The Balaban J connectivity index is 1.54. The van der Waals surface area contributed by atoms with Crippen LogP contribution >= 0.6 is 11.8 Å². The average molecular weight is 264 g/mol. The first kappa shape index (κ1) is 12.5. The van der Waals surface area contributed by atoms with Crippen molar-refractivity contribution in [3.63, 3.8) is 0 Å². The first-order chi connectivity index (χ1) is 8.86. The van der Waals surface area contributed by atoms with Gasteiger partial charge >= 0.3 is 0 Å². The molecule has 0 amide bonds. The van der Waals surface area contributed by atoms with Crippen molar-refractivity contribution in [3.8, 4) is 0 Å². The van der Waals surface area contributed by atoms with Crippen molar-refractivity contribution in [2.75, 3.05) is 19.0 Å². The zero-order chi connectivity index (χ0) is 12.3. The molecule has 1 aromatic carbocycles. The molecule has 3 rings (SSSR count). The summed E-state index contributed by atoms with van der Waals surface area (Å²) in [5, 5.41) is 0. The largest absolute Gasteiger partial charge is 0.348 e. The summed E-state index contributed by atoms with van der Waals surface area (Å²) >= 11 is 1.96. The Morgan fingerprint density at radius 2 is 1.94 bits per heavy atom. The third kappa shape index (κ3) is 2.90. The third-order valence-corrected chi connectivity index (χ3v) is 5.06. The van der Waals surface area contributed by atoms with Gasteiger partial charge in [0, 0.05) is 23.5 Å². The van der Waals surface area contributed by atoms with E-state index in [1.807, 2.05) is 11.8 Å². The summed E-state index contributed by atoms with van der Waals surface area (Å²) in [6.07, 6.45) is 4.71. The second-order valence-electron chi connectivity index (χ2n) is 5.19. The summed E-state index contributed by atoms with van der Waals surface area (Å²) in [7, 11) is 0. The molecule has 2 fully saturated rings. The Kier molecular flexibility index (Phi) is 3.92. The van der Waals surface area contributed by atoms with Crippen LogP contribution in [0.3, 0.4) is 0 Å². The molecule has 1 aromatic rings. The second kappa shape index (κ2) is 5.64. The molecule has 0 radical (unpaired) electrons. The Hall–Kier alpha value is -0.510. The topological polar surface area (TPSA) is 18.5 Å². The molecule has 2 aliphatic rings. The van der Waals surface area contributed by atoms with Crippen molar-refractivity contribution >= 4 is 11.8 Å². The van der Waals surface area contributed by atoms with E-state index in [1.165, 1.54) is 23.5 Å². The minimum absolute atomic E-state index is 0.222. The highest BCUT2D eigenvalue weighted by molar-refractivity contribution is 7.99. The molecule has 1 aliphatic carbocycles. The maximum absolute atomic E-state index is 5.83. The van der Waals surface area contributed by atoms with Crippen molar-refractivity contribution in [2.24, 2.45) is 5.92 Å². The lowest BCUT2D eigenvalue weighted by atomic mass is 9.86. The van der Waals surface area contributed by atoms with Gasteiger partial charge in [-0.1, -0.05) is 18.2 Å². The van der Waals surface area contributed by atoms with Crippen LogP contribution < -0.4 is 0 Å². The maximum atomic E-state index is 5.83. The highest BCUT2D eigenvalue weighted by Crippen LogP contribution is 2.40. The first-order valence-electron chi connectivity index (χ1n) is 6.82. The van der Waals surface area contributed by atoms with Crippen LogP contribution in [0.15, 0.2) is 35.2 Å². The van der Waals surface area contributed by atoms with Crippen LogP contribution in [-0.2, 0) is 9.47 Å². The van der Waals surface area contributed by atoms with E-state index < -0.39 is 0 Å². The van der Waals surface area contributed by atoms with Crippen molar-refractivity contribution in [1.82, 2.24) is 0 Å². The van der Waals surface area contributed by atoms with Gasteiger partial charge in [-0.25, -0.2) is 0 Å². The van der Waals surface area contributed by atoms with Gasteiger partial charge in [0.25, 0.3) is 0 Å². The molecule has 1 heterocycles. The van der Waals surface area contributed by atoms with Crippen LogP contribution in [0.5, 0.6) is 0 Å². The van der Waals surface area contributed by atoms with Gasteiger partial charge in [-0.2, -0.15) is 0 Å². The molecular weight excluding hydrogens is 244 g/mol. The van der Waals surface area contributed by atoms with E-state index in [9.17, 15) is 0 Å². The molecule has 1 unspecified atom stereocenters. The Morgan fingerprint density at radius 3 is 2.72 bits per heavy atom. The van der Waals surface area contributed by atoms with Crippen LogP contribution in [0, 0.1) is 5.92 Å². The summed E-state index contributed by atoms with van der Waals surface area (Å²) in [4.78, 5) is 1.37. The normalized spacial score (nSPS) is 26.6. The van der Waals surface area contributed by atoms with E-state index in [1.54, 1.807) is 0 Å². The van der Waals surface area contributed by atoms with E-state index in [4.69, 9.17) is 9.47 Å². The van der Waals surface area contributed by atoms with E-state index in [-0.39, 0.29) is 5.79 Å². The molecule has 98 valence electrons. The van der Waals surface area contributed by atoms with Gasteiger partial charge in [-0.3, -0.25) is 0 Å². The molecule has 18 heavy (non-hydrogen) atoms. The molecule has 3 heteroatoms. The minimum Gasteiger partial charge on any atom is -0.348 e. The average Bonchev–Trinajstić information content (AvgIpc) is 2.86. The molecular formula is C15H20O2S. The van der Waals surface area contributed by atoms with Crippen LogP contribution in [-0.4, -0.2) is 24.8 Å². The smallest absolute Gasteiger partial charge is 0.168 e. The summed E-state index contributed by atoms with van der Waals surface area (Å²) < 4.78 is 11.7. The SMILES string of the molecule is c1ccc(SCC2CCCC3(C2)OCCO3)cc1. The van der Waals surface area contributed by atoms with Crippen molar-refractivity contribution < 1.29 is 9.47 Å². The number of benzene rings is 1. The van der Waals surface area contributed by atoms with E-state index in [0.29, 0.717) is 0 Å². The van der Waals surface area contributed by atoms with Gasteiger partial charge < -0.3 is 9.47 Å². The van der Waals surface area contributed by atoms with Crippen LogP contribution in [0.1, 0.15) is 25.7 Å². The highest BCUT2D eigenvalue weighted by atomic mass is 32.2. The third-order valence-electron chi connectivity index (χ3n) is 3.81. The quantitative estimate of drug-likeness (QED) is 0.775. The van der Waals surface area contributed by atoms with Crippen molar-refractivity contribution in [1.29, 1.82) is 0 Å². The second-order valence-corrected chi connectivity index (χ2v) is 6.29. The Bertz CT molecular complexity index is 373. The number of thioether (sulfide) groups is 1. The fourth-order valence-corrected chi connectivity index (χ4v) is 4.00. The first-order valence-corrected chi connectivity index (χ1v) is 7.81. The summed E-state index contributed by atoms with van der Waals surface area (Å²) in [6, 6.07) is 10.7. The lowest BCUT2D eigenvalue weighted by molar-refractivity contribution is -0.185. The van der Waals surface area contributed by atoms with Crippen LogP contribution in [0.2, 0.25) is 0 Å². The number of hydrogen-bond acceptors (Lipinski definition) is 3. The summed E-state index contributed by atoms with van der Waals surface area (Å²) in [5.74, 6) is 1.68. The predicted octanol–water partition coefficient (Wildman–Crippen LogP) is 3.71. The lowest BCUT2D eigenvalue weighted by Crippen LogP contribution is -2.37. The predicted molar refractivity (Wildman–Crippen MR) is 73.8 cm³/mol. The van der Waals surface area contributed by atoms with Crippen molar-refractivity contribution in [3.05, 3.63) is 30.3 Å². The van der Waals surface area contributed by atoms with Gasteiger partial charge in [0.05, 0.1) is 13.2 Å². The molecule has 2 nitrogen and oxygen atoms in total. The standard InChI is InChI=1S/C15H20O2S/c1-2-6-14(7-3-1)18-12-13-5-4-8-15(11-13)16-9-10-17-15/h1-3,6-7,13H,4-5,8-12H2.